The van der Waals surface area contributed by atoms with Crippen molar-refractivity contribution in [2.24, 2.45) is 7.05 Å². The van der Waals surface area contributed by atoms with Crippen LogP contribution in [0.1, 0.15) is 5.56 Å². The van der Waals surface area contributed by atoms with E-state index < -0.39 is 6.08 Å². The molecule has 0 aliphatic carbocycles. The van der Waals surface area contributed by atoms with Crippen LogP contribution in [0, 0.1) is 6.08 Å². The van der Waals surface area contributed by atoms with Gasteiger partial charge in [-0.25, -0.2) is 4.98 Å². The molecule has 0 bridgehead atoms. The van der Waals surface area contributed by atoms with Gasteiger partial charge in [0.15, 0.2) is 17.0 Å². The molecule has 5 nitrogen and oxygen atoms in total. The molecule has 1 N–H and O–H groups in total. The molecule has 0 aliphatic rings. The van der Waals surface area contributed by atoms with Crippen molar-refractivity contribution in [1.29, 1.82) is 0 Å². The molecule has 0 radical (unpaired) electrons. The van der Waals surface area contributed by atoms with E-state index in [-0.39, 0.29) is 0 Å². The number of aryl methyl sites for hydroxylation is 1. The van der Waals surface area contributed by atoms with Crippen molar-refractivity contribution in [3.63, 3.8) is 0 Å². The minimum atomic E-state index is -0.809. The lowest BCUT2D eigenvalue weighted by Gasteiger charge is -2.08. The third-order valence-corrected chi connectivity index (χ3v) is 3.58. The van der Waals surface area contributed by atoms with E-state index in [1.54, 1.807) is 36.1 Å². The minimum absolute atomic E-state index is 0.323. The van der Waals surface area contributed by atoms with E-state index in [1.165, 1.54) is 0 Å². The Hall–Kier alpha value is -1.92. The monoisotopic (exact) mass is 325 g/mol. The normalized spacial score (nSPS) is 11.0. The van der Waals surface area contributed by atoms with Crippen LogP contribution in [0.2, 0.25) is 10.0 Å². The zero-order valence-corrected chi connectivity index (χ0v) is 12.5. The highest BCUT2D eigenvalue weighted by molar-refractivity contribution is 6.35. The molecule has 108 valence electrons. The van der Waals surface area contributed by atoms with Crippen molar-refractivity contribution >= 4 is 40.2 Å². The van der Waals surface area contributed by atoms with Crippen molar-refractivity contribution < 1.29 is 4.39 Å². The number of hydrogen-bond donors (Lipinski definition) is 1. The zero-order valence-electron chi connectivity index (χ0n) is 10.9. The number of halogens is 3. The second-order valence-electron chi connectivity index (χ2n) is 4.46. The summed E-state index contributed by atoms with van der Waals surface area (Å²) in [5.74, 6) is 0.323. The highest BCUT2D eigenvalue weighted by Crippen LogP contribution is 2.23. The van der Waals surface area contributed by atoms with Crippen molar-refractivity contribution in [2.75, 3.05) is 5.32 Å². The molecular weight excluding hydrogens is 316 g/mol. The Labute approximate surface area is 129 Å². The largest absolute Gasteiger partial charge is 0.364 e. The van der Waals surface area contributed by atoms with Gasteiger partial charge >= 0.3 is 6.08 Å². The van der Waals surface area contributed by atoms with Gasteiger partial charge in [0.25, 0.3) is 0 Å². The van der Waals surface area contributed by atoms with Crippen LogP contribution in [0.4, 0.5) is 10.2 Å². The maximum Gasteiger partial charge on any atom is 0.312 e. The van der Waals surface area contributed by atoms with Crippen molar-refractivity contribution in [3.8, 4) is 0 Å². The van der Waals surface area contributed by atoms with E-state index in [1.807, 2.05) is 0 Å². The molecule has 2 heterocycles. The summed E-state index contributed by atoms with van der Waals surface area (Å²) in [5.41, 5.74) is 1.75. The van der Waals surface area contributed by atoms with Gasteiger partial charge in [0.05, 0.1) is 6.33 Å². The third-order valence-electron chi connectivity index (χ3n) is 2.99. The van der Waals surface area contributed by atoms with Gasteiger partial charge in [0, 0.05) is 23.6 Å². The molecule has 0 amide bonds. The van der Waals surface area contributed by atoms with Crippen LogP contribution in [0.15, 0.2) is 24.5 Å². The third kappa shape index (κ3) is 2.77. The predicted molar refractivity (Wildman–Crippen MR) is 80.1 cm³/mol. The lowest BCUT2D eigenvalue weighted by molar-refractivity contribution is 0.543. The van der Waals surface area contributed by atoms with Gasteiger partial charge in [-0.05, 0) is 17.7 Å². The number of rotatable bonds is 3. The Morgan fingerprint density at radius 3 is 2.86 bits per heavy atom. The van der Waals surface area contributed by atoms with Crippen molar-refractivity contribution in [2.45, 2.75) is 6.54 Å². The lowest BCUT2D eigenvalue weighted by atomic mass is 10.2. The van der Waals surface area contributed by atoms with Crippen molar-refractivity contribution in [1.82, 2.24) is 19.5 Å². The van der Waals surface area contributed by atoms with Crippen LogP contribution in [0.3, 0.4) is 0 Å². The summed E-state index contributed by atoms with van der Waals surface area (Å²) in [6.07, 6.45) is 0.745. The van der Waals surface area contributed by atoms with Gasteiger partial charge in [0.2, 0.25) is 0 Å². The molecule has 3 rings (SSSR count). The average Bonchev–Trinajstić information content (AvgIpc) is 2.79. The molecule has 21 heavy (non-hydrogen) atoms. The van der Waals surface area contributed by atoms with Gasteiger partial charge in [-0.1, -0.05) is 29.3 Å². The average molecular weight is 326 g/mol. The van der Waals surface area contributed by atoms with Crippen LogP contribution >= 0.6 is 23.2 Å². The first-order chi connectivity index (χ1) is 10.0. The molecule has 0 atom stereocenters. The summed E-state index contributed by atoms with van der Waals surface area (Å²) in [5, 5.41) is 4.11. The molecule has 0 spiro atoms. The molecule has 1 aromatic carbocycles. The number of aromatic nitrogens is 4. The summed E-state index contributed by atoms with van der Waals surface area (Å²) < 4.78 is 15.1. The Balaban J connectivity index is 1.91. The zero-order chi connectivity index (χ0) is 15.0. The number of imidazole rings is 1. The number of hydrogen-bond acceptors (Lipinski definition) is 4. The standard InChI is InChI=1S/C13H10Cl2FN5/c1-21-6-18-10-11(19-13(16)20-12(10)21)17-5-7-2-3-8(14)4-9(7)15/h2-4,6H,5H2,1H3,(H,17,19,20). The van der Waals surface area contributed by atoms with E-state index in [2.05, 4.69) is 20.3 Å². The van der Waals surface area contributed by atoms with Crippen LogP contribution in [-0.4, -0.2) is 19.5 Å². The van der Waals surface area contributed by atoms with E-state index in [9.17, 15) is 4.39 Å². The Morgan fingerprint density at radius 1 is 1.29 bits per heavy atom. The Morgan fingerprint density at radius 2 is 2.10 bits per heavy atom. The minimum Gasteiger partial charge on any atom is -0.364 e. The smallest absolute Gasteiger partial charge is 0.312 e. The number of nitrogens with zero attached hydrogens (tertiary/aromatic N) is 4. The fourth-order valence-electron chi connectivity index (χ4n) is 1.95. The number of benzene rings is 1. The maximum absolute atomic E-state index is 13.5. The van der Waals surface area contributed by atoms with Gasteiger partial charge in [0.1, 0.15) is 0 Å². The number of nitrogens with one attached hydrogen (secondary N) is 1. The molecule has 0 fully saturated rings. The second-order valence-corrected chi connectivity index (χ2v) is 5.30. The van der Waals surface area contributed by atoms with Gasteiger partial charge in [-0.3, -0.25) is 0 Å². The molecule has 0 aliphatic heterocycles. The molecule has 0 saturated carbocycles. The molecule has 3 aromatic rings. The van der Waals surface area contributed by atoms with E-state index in [0.717, 1.165) is 5.56 Å². The van der Waals surface area contributed by atoms with Crippen LogP contribution in [-0.2, 0) is 13.6 Å². The number of fused-ring (bicyclic) bond motifs is 1. The van der Waals surface area contributed by atoms with E-state index in [4.69, 9.17) is 23.2 Å². The molecule has 0 unspecified atom stereocenters. The second kappa shape index (κ2) is 5.46. The Kier molecular flexibility index (Phi) is 3.65. The van der Waals surface area contributed by atoms with Crippen LogP contribution < -0.4 is 5.32 Å². The summed E-state index contributed by atoms with van der Waals surface area (Å²) in [6.45, 7) is 0.373. The summed E-state index contributed by atoms with van der Waals surface area (Å²) in [7, 11) is 1.74. The summed E-state index contributed by atoms with van der Waals surface area (Å²) >= 11 is 11.9. The molecule has 8 heteroatoms. The maximum atomic E-state index is 13.5. The first-order valence-electron chi connectivity index (χ1n) is 6.07. The first-order valence-corrected chi connectivity index (χ1v) is 6.82. The fraction of sp³-hybridized carbons (Fsp3) is 0.154. The Bertz CT molecular complexity index is 818. The van der Waals surface area contributed by atoms with Crippen LogP contribution in [0.25, 0.3) is 11.2 Å². The first kappa shape index (κ1) is 14.0. The van der Waals surface area contributed by atoms with Gasteiger partial charge in [-0.2, -0.15) is 14.4 Å². The number of anilines is 1. The summed E-state index contributed by atoms with van der Waals surface area (Å²) in [6, 6.07) is 5.18. The highest BCUT2D eigenvalue weighted by atomic mass is 35.5. The van der Waals surface area contributed by atoms with Gasteiger partial charge < -0.3 is 9.88 Å². The van der Waals surface area contributed by atoms with E-state index in [0.29, 0.717) is 33.6 Å². The van der Waals surface area contributed by atoms with E-state index >= 15 is 0 Å². The van der Waals surface area contributed by atoms with Crippen molar-refractivity contribution in [3.05, 3.63) is 46.2 Å². The highest BCUT2D eigenvalue weighted by Gasteiger charge is 2.12. The fourth-order valence-corrected chi connectivity index (χ4v) is 2.42. The molecule has 0 saturated heterocycles. The quantitative estimate of drug-likeness (QED) is 0.749. The SMILES string of the molecule is Cn1cnc2c(NCc3ccc(Cl)cc3Cl)nc(F)nc21. The topological polar surface area (TPSA) is 55.6 Å². The lowest BCUT2D eigenvalue weighted by Crippen LogP contribution is -2.05. The van der Waals surface area contributed by atoms with Gasteiger partial charge in [-0.15, -0.1) is 0 Å². The molecular formula is C13H10Cl2FN5. The van der Waals surface area contributed by atoms with Crippen LogP contribution in [0.5, 0.6) is 0 Å². The molecule has 2 aromatic heterocycles. The summed E-state index contributed by atoms with van der Waals surface area (Å²) in [4.78, 5) is 11.6. The predicted octanol–water partition coefficient (Wildman–Crippen LogP) is 3.42.